The molecule has 2 heterocycles. The van der Waals surface area contributed by atoms with Gasteiger partial charge in [-0.3, -0.25) is 14.5 Å². The van der Waals surface area contributed by atoms with Crippen LogP contribution in [0.2, 0.25) is 0 Å². The second-order valence-corrected chi connectivity index (χ2v) is 6.28. The lowest BCUT2D eigenvalue weighted by Gasteiger charge is -2.46. The van der Waals surface area contributed by atoms with Gasteiger partial charge in [-0.2, -0.15) is 0 Å². The third-order valence-electron chi connectivity index (χ3n) is 4.89. The predicted molar refractivity (Wildman–Crippen MR) is 73.1 cm³/mol. The monoisotopic (exact) mass is 281 g/mol. The molecular formula is C14H23N3O3. The van der Waals surface area contributed by atoms with Crippen LogP contribution in [0.4, 0.5) is 0 Å². The summed E-state index contributed by atoms with van der Waals surface area (Å²) in [7, 11) is 3.48. The van der Waals surface area contributed by atoms with Crippen LogP contribution < -0.4 is 0 Å². The molecule has 2 aliphatic heterocycles. The highest BCUT2D eigenvalue weighted by Crippen LogP contribution is 2.47. The summed E-state index contributed by atoms with van der Waals surface area (Å²) >= 11 is 0. The molecule has 0 aromatic carbocycles. The lowest BCUT2D eigenvalue weighted by atomic mass is 10.0. The fraction of sp³-hybridized carbons (Fsp3) is 0.857. The number of carbonyl (C=O) groups is 2. The topological polar surface area (TPSA) is 53.1 Å². The number of fused-ring (bicyclic) bond motifs is 1. The van der Waals surface area contributed by atoms with Crippen molar-refractivity contribution in [3.8, 4) is 0 Å². The first kappa shape index (κ1) is 13.8. The summed E-state index contributed by atoms with van der Waals surface area (Å²) in [5.74, 6) is 0.324. The van der Waals surface area contributed by atoms with Gasteiger partial charge in [-0.1, -0.05) is 0 Å². The Hall–Kier alpha value is -1.14. The molecule has 0 aromatic rings. The quantitative estimate of drug-likeness (QED) is 0.693. The van der Waals surface area contributed by atoms with Gasteiger partial charge in [0.25, 0.3) is 0 Å². The van der Waals surface area contributed by atoms with E-state index in [4.69, 9.17) is 4.74 Å². The van der Waals surface area contributed by atoms with Crippen molar-refractivity contribution in [1.82, 2.24) is 14.7 Å². The Morgan fingerprint density at radius 2 is 2.00 bits per heavy atom. The zero-order valence-corrected chi connectivity index (χ0v) is 12.3. The van der Waals surface area contributed by atoms with Crippen molar-refractivity contribution < 1.29 is 14.3 Å². The van der Waals surface area contributed by atoms with E-state index in [0.717, 1.165) is 39.0 Å². The predicted octanol–water partition coefficient (Wildman–Crippen LogP) is -0.602. The molecular weight excluding hydrogens is 258 g/mol. The lowest BCUT2D eigenvalue weighted by molar-refractivity contribution is -0.150. The molecule has 0 radical (unpaired) electrons. The number of carbonyl (C=O) groups excluding carboxylic acids is 2. The first-order chi connectivity index (χ1) is 9.57. The maximum atomic E-state index is 12.6. The van der Waals surface area contributed by atoms with Crippen molar-refractivity contribution in [2.75, 3.05) is 53.5 Å². The molecule has 6 heteroatoms. The van der Waals surface area contributed by atoms with Gasteiger partial charge >= 0.3 is 0 Å². The lowest BCUT2D eigenvalue weighted by Crippen LogP contribution is -2.65. The average molecular weight is 281 g/mol. The van der Waals surface area contributed by atoms with Gasteiger partial charge in [-0.05, 0) is 12.8 Å². The first-order valence-electron chi connectivity index (χ1n) is 7.35. The summed E-state index contributed by atoms with van der Waals surface area (Å²) in [4.78, 5) is 30.7. The number of methoxy groups -OCH3 is 1. The molecule has 1 atom stereocenters. The molecule has 20 heavy (non-hydrogen) atoms. The van der Waals surface area contributed by atoms with E-state index in [9.17, 15) is 9.59 Å². The summed E-state index contributed by atoms with van der Waals surface area (Å²) in [5, 5.41) is 0. The van der Waals surface area contributed by atoms with Crippen LogP contribution in [0.25, 0.3) is 0 Å². The minimum atomic E-state index is -0.291. The fourth-order valence-corrected chi connectivity index (χ4v) is 3.33. The highest BCUT2D eigenvalue weighted by Gasteiger charge is 2.53. The second-order valence-electron chi connectivity index (χ2n) is 6.28. The van der Waals surface area contributed by atoms with Crippen LogP contribution in [0.5, 0.6) is 0 Å². The summed E-state index contributed by atoms with van der Waals surface area (Å²) in [6.07, 6.45) is 1.83. The Balaban J connectivity index is 1.68. The standard InChI is InChI=1S/C14H23N3O3/c1-15-5-6-16-7-8-17(9-11(16)12(15)18)13(19)14(3-4-14)10-20-2/h11H,3-10H2,1-2H3/t11-/m0/s1. The van der Waals surface area contributed by atoms with Crippen LogP contribution in [-0.2, 0) is 14.3 Å². The third kappa shape index (κ3) is 2.20. The molecule has 6 nitrogen and oxygen atoms in total. The minimum absolute atomic E-state index is 0.144. The highest BCUT2D eigenvalue weighted by molar-refractivity contribution is 5.88. The summed E-state index contributed by atoms with van der Waals surface area (Å²) < 4.78 is 5.19. The van der Waals surface area contributed by atoms with E-state index < -0.39 is 0 Å². The van der Waals surface area contributed by atoms with Crippen molar-refractivity contribution in [2.45, 2.75) is 18.9 Å². The van der Waals surface area contributed by atoms with E-state index in [1.54, 1.807) is 12.0 Å². The van der Waals surface area contributed by atoms with E-state index in [0.29, 0.717) is 13.2 Å². The molecule has 1 saturated carbocycles. The van der Waals surface area contributed by atoms with Crippen LogP contribution in [0.15, 0.2) is 0 Å². The van der Waals surface area contributed by atoms with Crippen LogP contribution in [0.1, 0.15) is 12.8 Å². The van der Waals surface area contributed by atoms with E-state index in [2.05, 4.69) is 4.90 Å². The molecule has 0 bridgehead atoms. The van der Waals surface area contributed by atoms with Crippen molar-refractivity contribution >= 4 is 11.8 Å². The van der Waals surface area contributed by atoms with Crippen molar-refractivity contribution in [2.24, 2.45) is 5.41 Å². The number of hydrogen-bond donors (Lipinski definition) is 0. The Kier molecular flexibility index (Phi) is 3.46. The normalized spacial score (nSPS) is 29.3. The zero-order chi connectivity index (χ0) is 14.3. The Morgan fingerprint density at radius 1 is 1.30 bits per heavy atom. The first-order valence-corrected chi connectivity index (χ1v) is 7.35. The average Bonchev–Trinajstić information content (AvgIpc) is 3.23. The zero-order valence-electron chi connectivity index (χ0n) is 12.3. The molecule has 3 aliphatic rings. The number of amides is 2. The Morgan fingerprint density at radius 3 is 2.65 bits per heavy atom. The summed E-state index contributed by atoms with van der Waals surface area (Å²) in [5.41, 5.74) is -0.291. The van der Waals surface area contributed by atoms with Gasteiger partial charge in [0.1, 0.15) is 6.04 Å². The van der Waals surface area contributed by atoms with Gasteiger partial charge in [-0.15, -0.1) is 0 Å². The summed E-state index contributed by atoms with van der Waals surface area (Å²) in [6, 6.07) is -0.148. The maximum absolute atomic E-state index is 12.6. The van der Waals surface area contributed by atoms with Crippen LogP contribution in [0.3, 0.4) is 0 Å². The second kappa shape index (κ2) is 5.00. The fourth-order valence-electron chi connectivity index (χ4n) is 3.33. The maximum Gasteiger partial charge on any atom is 0.241 e. The number of piperazine rings is 2. The van der Waals surface area contributed by atoms with E-state index >= 15 is 0 Å². The van der Waals surface area contributed by atoms with Crippen LogP contribution >= 0.6 is 0 Å². The number of likely N-dealkylation sites (N-methyl/N-ethyl adjacent to an activating group) is 1. The Labute approximate surface area is 119 Å². The van der Waals surface area contributed by atoms with Gasteiger partial charge in [0.2, 0.25) is 11.8 Å². The minimum Gasteiger partial charge on any atom is -0.384 e. The van der Waals surface area contributed by atoms with Crippen molar-refractivity contribution in [1.29, 1.82) is 0 Å². The smallest absolute Gasteiger partial charge is 0.241 e. The van der Waals surface area contributed by atoms with Crippen molar-refractivity contribution in [3.63, 3.8) is 0 Å². The van der Waals surface area contributed by atoms with Crippen LogP contribution in [0, 0.1) is 5.41 Å². The number of nitrogens with zero attached hydrogens (tertiary/aromatic N) is 3. The number of ether oxygens (including phenoxy) is 1. The molecule has 0 N–H and O–H groups in total. The molecule has 1 aliphatic carbocycles. The van der Waals surface area contributed by atoms with E-state index in [1.165, 1.54) is 0 Å². The van der Waals surface area contributed by atoms with Gasteiger partial charge in [0.05, 0.1) is 12.0 Å². The molecule has 0 aromatic heterocycles. The molecule has 112 valence electrons. The highest BCUT2D eigenvalue weighted by atomic mass is 16.5. The van der Waals surface area contributed by atoms with Crippen LogP contribution in [-0.4, -0.2) is 86.0 Å². The van der Waals surface area contributed by atoms with E-state index in [-0.39, 0.29) is 23.3 Å². The molecule has 3 fully saturated rings. The largest absolute Gasteiger partial charge is 0.384 e. The van der Waals surface area contributed by atoms with E-state index in [1.807, 2.05) is 11.9 Å². The SMILES string of the molecule is COCC1(C(=O)N2CCN3CCN(C)C(=O)[C@@H]3C2)CC1. The molecule has 0 spiro atoms. The summed E-state index contributed by atoms with van der Waals surface area (Å²) in [6.45, 7) is 4.28. The number of hydrogen-bond acceptors (Lipinski definition) is 4. The van der Waals surface area contributed by atoms with Gasteiger partial charge in [0, 0.05) is 46.9 Å². The molecule has 2 amide bonds. The van der Waals surface area contributed by atoms with Gasteiger partial charge in [-0.25, -0.2) is 0 Å². The van der Waals surface area contributed by atoms with Gasteiger partial charge < -0.3 is 14.5 Å². The van der Waals surface area contributed by atoms with Gasteiger partial charge in [0.15, 0.2) is 0 Å². The molecule has 3 rings (SSSR count). The number of rotatable bonds is 3. The molecule has 2 saturated heterocycles. The Bertz CT molecular complexity index is 422. The van der Waals surface area contributed by atoms with Crippen molar-refractivity contribution in [3.05, 3.63) is 0 Å². The third-order valence-corrected chi connectivity index (χ3v) is 4.89. The molecule has 0 unspecified atom stereocenters.